The lowest BCUT2D eigenvalue weighted by molar-refractivity contribution is -0.115. The van der Waals surface area contributed by atoms with E-state index >= 15 is 0 Å². The average molecular weight is 394 g/mol. The fourth-order valence-electron chi connectivity index (χ4n) is 3.47. The summed E-state index contributed by atoms with van der Waals surface area (Å²) in [6.07, 6.45) is 5.04. The predicted octanol–water partition coefficient (Wildman–Crippen LogP) is 1.29. The van der Waals surface area contributed by atoms with Gasteiger partial charge in [0, 0.05) is 31.9 Å². The van der Waals surface area contributed by atoms with Crippen molar-refractivity contribution in [2.24, 2.45) is 11.1 Å². The quantitative estimate of drug-likeness (QED) is 0.784. The minimum atomic E-state index is -3.33. The molecule has 8 nitrogen and oxygen atoms in total. The normalized spacial score (nSPS) is 23.3. The van der Waals surface area contributed by atoms with E-state index in [9.17, 15) is 13.2 Å². The first kappa shape index (κ1) is 19.8. The van der Waals surface area contributed by atoms with Crippen molar-refractivity contribution in [2.45, 2.75) is 45.3 Å². The number of hydrogen-bond acceptors (Lipinski definition) is 6. The number of piperidine rings is 1. The molecule has 0 aromatic carbocycles. The van der Waals surface area contributed by atoms with E-state index in [0.29, 0.717) is 38.1 Å². The van der Waals surface area contributed by atoms with E-state index in [2.05, 4.69) is 15.5 Å². The Labute approximate surface area is 160 Å². The number of carbonyl (C=O) groups is 1. The molecule has 3 rings (SSSR count). The Bertz CT molecular complexity index is 810. The smallest absolute Gasteiger partial charge is 0.269 e. The minimum absolute atomic E-state index is 0.0585. The second kappa shape index (κ2) is 7.93. The summed E-state index contributed by atoms with van der Waals surface area (Å²) in [6, 6.07) is 3.65. The van der Waals surface area contributed by atoms with Gasteiger partial charge in [-0.15, -0.1) is 0 Å². The van der Waals surface area contributed by atoms with E-state index in [1.54, 1.807) is 12.4 Å². The molecule has 0 saturated carbocycles. The van der Waals surface area contributed by atoms with Gasteiger partial charge in [0.2, 0.25) is 10.0 Å². The van der Waals surface area contributed by atoms with Crippen LogP contribution in [0.2, 0.25) is 0 Å². The maximum absolute atomic E-state index is 12.6. The molecule has 0 bridgehead atoms. The molecule has 1 atom stereocenters. The Balaban J connectivity index is 1.59. The second-order valence-corrected chi connectivity index (χ2v) is 9.65. The average Bonchev–Trinajstić information content (AvgIpc) is 3.03. The lowest BCUT2D eigenvalue weighted by Gasteiger charge is -2.37. The maximum Gasteiger partial charge on any atom is 0.269 e. The van der Waals surface area contributed by atoms with Crippen LogP contribution in [0.4, 0.5) is 0 Å². The highest BCUT2D eigenvalue weighted by atomic mass is 32.2. The molecular weight excluding hydrogens is 368 g/mol. The molecule has 0 aliphatic carbocycles. The number of amides is 1. The zero-order valence-electron chi connectivity index (χ0n) is 15.7. The number of hydrogen-bond donors (Lipinski definition) is 1. The number of carbonyl (C=O) groups excluding carboxylic acids is 1. The van der Waals surface area contributed by atoms with Crippen LogP contribution in [0.3, 0.4) is 0 Å². The molecule has 3 heterocycles. The van der Waals surface area contributed by atoms with Gasteiger partial charge in [-0.05, 0) is 36.5 Å². The Kier molecular flexibility index (Phi) is 5.81. The van der Waals surface area contributed by atoms with Gasteiger partial charge in [-0.25, -0.2) is 8.42 Å². The summed E-state index contributed by atoms with van der Waals surface area (Å²) in [5.74, 6) is -0.113. The Morgan fingerprint density at radius 2 is 2.11 bits per heavy atom. The third-order valence-electron chi connectivity index (χ3n) is 4.75. The van der Waals surface area contributed by atoms with Gasteiger partial charge < -0.3 is 10.2 Å². The van der Waals surface area contributed by atoms with Gasteiger partial charge in [0.05, 0.1) is 12.3 Å². The van der Waals surface area contributed by atoms with Gasteiger partial charge in [-0.2, -0.15) is 4.31 Å². The van der Waals surface area contributed by atoms with Crippen LogP contribution in [-0.2, 0) is 26.2 Å². The predicted molar refractivity (Wildman–Crippen MR) is 101 cm³/mol. The number of nitrogens with one attached hydrogen (secondary N) is 1. The van der Waals surface area contributed by atoms with Crippen molar-refractivity contribution in [1.29, 1.82) is 0 Å². The summed E-state index contributed by atoms with van der Waals surface area (Å²) >= 11 is 0. The third kappa shape index (κ3) is 4.84. The van der Waals surface area contributed by atoms with Crippen LogP contribution < -0.4 is 5.32 Å². The van der Waals surface area contributed by atoms with E-state index in [4.69, 9.17) is 4.84 Å². The van der Waals surface area contributed by atoms with Gasteiger partial charge in [-0.3, -0.25) is 9.78 Å². The van der Waals surface area contributed by atoms with Gasteiger partial charge >= 0.3 is 0 Å². The van der Waals surface area contributed by atoms with Crippen molar-refractivity contribution in [2.75, 3.05) is 18.8 Å². The van der Waals surface area contributed by atoms with Crippen molar-refractivity contribution in [3.05, 3.63) is 30.1 Å². The van der Waals surface area contributed by atoms with Gasteiger partial charge in [0.15, 0.2) is 5.60 Å². The van der Waals surface area contributed by atoms with Gasteiger partial charge in [-0.1, -0.05) is 19.0 Å². The van der Waals surface area contributed by atoms with E-state index in [0.717, 1.165) is 5.56 Å². The van der Waals surface area contributed by atoms with Gasteiger partial charge in [0.25, 0.3) is 5.91 Å². The number of nitrogens with zero attached hydrogens (tertiary/aromatic N) is 3. The molecule has 1 aromatic rings. The Morgan fingerprint density at radius 3 is 2.81 bits per heavy atom. The third-order valence-corrected chi connectivity index (χ3v) is 6.93. The van der Waals surface area contributed by atoms with E-state index in [-0.39, 0.29) is 24.1 Å². The number of pyridine rings is 1. The number of aromatic nitrogens is 1. The highest BCUT2D eigenvalue weighted by molar-refractivity contribution is 7.89. The number of oxime groups is 1. The van der Waals surface area contributed by atoms with Crippen LogP contribution in [-0.4, -0.2) is 53.8 Å². The van der Waals surface area contributed by atoms with Crippen LogP contribution >= 0.6 is 0 Å². The summed E-state index contributed by atoms with van der Waals surface area (Å²) in [5, 5.41) is 6.79. The SMILES string of the molecule is CC(C)CS(=O)(=O)N1CCC[C@]2(CC(C(=O)NCc3ccncc3)=NO2)C1. The molecule has 0 unspecified atom stereocenters. The molecule has 2 aliphatic heterocycles. The molecule has 0 radical (unpaired) electrons. The first-order valence-corrected chi connectivity index (χ1v) is 10.8. The molecule has 1 spiro atoms. The van der Waals surface area contributed by atoms with Crippen LogP contribution in [0.1, 0.15) is 38.7 Å². The lowest BCUT2D eigenvalue weighted by Crippen LogP contribution is -2.51. The molecule has 148 valence electrons. The van der Waals surface area contributed by atoms with Crippen molar-refractivity contribution in [1.82, 2.24) is 14.6 Å². The first-order chi connectivity index (χ1) is 12.8. The van der Waals surface area contributed by atoms with E-state index < -0.39 is 15.6 Å². The summed E-state index contributed by atoms with van der Waals surface area (Å²) in [6.45, 7) is 4.88. The zero-order valence-corrected chi connectivity index (χ0v) is 16.5. The molecular formula is C18H26N4O4S. The van der Waals surface area contributed by atoms with Crippen LogP contribution in [0.25, 0.3) is 0 Å². The maximum atomic E-state index is 12.6. The van der Waals surface area contributed by atoms with Crippen molar-refractivity contribution in [3.8, 4) is 0 Å². The summed E-state index contributed by atoms with van der Waals surface area (Å²) in [4.78, 5) is 21.9. The van der Waals surface area contributed by atoms with Crippen LogP contribution in [0.5, 0.6) is 0 Å². The zero-order chi connectivity index (χ0) is 19.5. The topological polar surface area (TPSA) is 101 Å². The van der Waals surface area contributed by atoms with Crippen LogP contribution in [0, 0.1) is 5.92 Å². The Hall–Kier alpha value is -2.00. The molecule has 1 amide bonds. The van der Waals surface area contributed by atoms with Crippen LogP contribution in [0.15, 0.2) is 29.7 Å². The number of sulfonamides is 1. The summed E-state index contributed by atoms with van der Waals surface area (Å²) in [7, 11) is -3.33. The largest absolute Gasteiger partial charge is 0.387 e. The monoisotopic (exact) mass is 394 g/mol. The highest BCUT2D eigenvalue weighted by Gasteiger charge is 2.46. The van der Waals surface area contributed by atoms with E-state index in [1.807, 2.05) is 26.0 Å². The summed E-state index contributed by atoms with van der Waals surface area (Å²) < 4.78 is 26.6. The molecule has 2 aliphatic rings. The fraction of sp³-hybridized carbons (Fsp3) is 0.611. The number of rotatable bonds is 6. The molecule has 1 saturated heterocycles. The molecule has 27 heavy (non-hydrogen) atoms. The van der Waals surface area contributed by atoms with Crippen molar-refractivity contribution < 1.29 is 18.0 Å². The second-order valence-electron chi connectivity index (χ2n) is 7.64. The Morgan fingerprint density at radius 1 is 1.37 bits per heavy atom. The molecule has 1 N–H and O–H groups in total. The molecule has 1 aromatic heterocycles. The van der Waals surface area contributed by atoms with Crippen molar-refractivity contribution in [3.63, 3.8) is 0 Å². The van der Waals surface area contributed by atoms with Gasteiger partial charge in [0.1, 0.15) is 5.71 Å². The van der Waals surface area contributed by atoms with Crippen molar-refractivity contribution >= 4 is 21.6 Å². The standard InChI is InChI=1S/C18H26N4O4S/c1-14(2)12-27(24,25)22-9-3-6-18(13-22)10-16(21-26-18)17(23)20-11-15-4-7-19-8-5-15/h4-5,7-8,14H,3,6,9-13H2,1-2H3,(H,20,23)/t18-/m0/s1. The molecule has 9 heteroatoms. The summed E-state index contributed by atoms with van der Waals surface area (Å²) in [5.41, 5.74) is 0.523. The van der Waals surface area contributed by atoms with E-state index in [1.165, 1.54) is 4.31 Å². The first-order valence-electron chi connectivity index (χ1n) is 9.20. The molecule has 1 fully saturated rings. The highest BCUT2D eigenvalue weighted by Crippen LogP contribution is 2.34. The fourth-order valence-corrected chi connectivity index (χ4v) is 5.36. The lowest BCUT2D eigenvalue weighted by atomic mass is 9.89. The minimum Gasteiger partial charge on any atom is -0.387 e.